The third kappa shape index (κ3) is 4.23. The SMILES string of the molecule is O=C(COC(=O)c1c(F)cccc1F)Nc1ccc(F)c(Cl)c1. The van der Waals surface area contributed by atoms with Crippen molar-refractivity contribution in [3.8, 4) is 0 Å². The molecule has 1 N–H and O–H groups in total. The Bertz CT molecular complexity index is 747. The van der Waals surface area contributed by atoms with Gasteiger partial charge in [-0.15, -0.1) is 0 Å². The smallest absolute Gasteiger partial charge is 0.344 e. The summed E-state index contributed by atoms with van der Waals surface area (Å²) in [7, 11) is 0. The Labute approximate surface area is 133 Å². The van der Waals surface area contributed by atoms with E-state index in [1.54, 1.807) is 0 Å². The quantitative estimate of drug-likeness (QED) is 0.864. The van der Waals surface area contributed by atoms with E-state index < -0.39 is 41.5 Å². The molecule has 0 spiro atoms. The molecule has 8 heteroatoms. The lowest BCUT2D eigenvalue weighted by Crippen LogP contribution is -2.22. The molecule has 1 amide bonds. The number of carbonyl (C=O) groups excluding carboxylic acids is 2. The number of ether oxygens (including phenoxy) is 1. The van der Waals surface area contributed by atoms with Crippen molar-refractivity contribution in [1.29, 1.82) is 0 Å². The Morgan fingerprint density at radius 1 is 1.04 bits per heavy atom. The summed E-state index contributed by atoms with van der Waals surface area (Å²) in [5.74, 6) is -4.95. The van der Waals surface area contributed by atoms with E-state index in [0.29, 0.717) is 0 Å². The zero-order valence-electron chi connectivity index (χ0n) is 11.4. The van der Waals surface area contributed by atoms with Gasteiger partial charge in [0, 0.05) is 5.69 Å². The molecular formula is C15H9ClF3NO3. The molecule has 0 fully saturated rings. The fraction of sp³-hybridized carbons (Fsp3) is 0.0667. The Morgan fingerprint density at radius 2 is 1.70 bits per heavy atom. The number of esters is 1. The van der Waals surface area contributed by atoms with Crippen LogP contribution in [-0.4, -0.2) is 18.5 Å². The van der Waals surface area contributed by atoms with Gasteiger partial charge in [0.25, 0.3) is 5.91 Å². The summed E-state index contributed by atoms with van der Waals surface area (Å²) < 4.78 is 44.2. The van der Waals surface area contributed by atoms with Crippen molar-refractivity contribution in [3.05, 3.63) is 64.4 Å². The summed E-state index contributed by atoms with van der Waals surface area (Å²) in [5.41, 5.74) is -0.709. The van der Waals surface area contributed by atoms with Gasteiger partial charge in [-0.3, -0.25) is 4.79 Å². The average molecular weight is 344 g/mol. The molecule has 120 valence electrons. The summed E-state index contributed by atoms with van der Waals surface area (Å²) in [6, 6.07) is 6.32. The Morgan fingerprint density at radius 3 is 2.30 bits per heavy atom. The van der Waals surface area contributed by atoms with Crippen LogP contribution in [0, 0.1) is 17.5 Å². The Kier molecular flexibility index (Phi) is 5.23. The first-order chi connectivity index (χ1) is 10.9. The van der Waals surface area contributed by atoms with Gasteiger partial charge in [0.1, 0.15) is 23.0 Å². The van der Waals surface area contributed by atoms with Crippen LogP contribution in [0.25, 0.3) is 0 Å². The van der Waals surface area contributed by atoms with Gasteiger partial charge < -0.3 is 10.1 Å². The largest absolute Gasteiger partial charge is 0.452 e. The average Bonchev–Trinajstić information content (AvgIpc) is 2.49. The van der Waals surface area contributed by atoms with E-state index in [1.165, 1.54) is 6.07 Å². The van der Waals surface area contributed by atoms with Gasteiger partial charge in [0.05, 0.1) is 5.02 Å². The van der Waals surface area contributed by atoms with Crippen molar-refractivity contribution in [2.24, 2.45) is 0 Å². The van der Waals surface area contributed by atoms with Gasteiger partial charge in [-0.2, -0.15) is 0 Å². The molecular weight excluding hydrogens is 335 g/mol. The predicted molar refractivity (Wildman–Crippen MR) is 76.7 cm³/mol. The number of anilines is 1. The molecule has 2 rings (SSSR count). The van der Waals surface area contributed by atoms with E-state index in [9.17, 15) is 22.8 Å². The Balaban J connectivity index is 1.96. The van der Waals surface area contributed by atoms with Crippen molar-refractivity contribution in [2.45, 2.75) is 0 Å². The van der Waals surface area contributed by atoms with Crippen LogP contribution in [0.5, 0.6) is 0 Å². The molecule has 2 aromatic carbocycles. The second-order valence-electron chi connectivity index (χ2n) is 4.35. The summed E-state index contributed by atoms with van der Waals surface area (Å²) in [4.78, 5) is 23.2. The van der Waals surface area contributed by atoms with E-state index in [2.05, 4.69) is 10.1 Å². The molecule has 0 aliphatic carbocycles. The molecule has 23 heavy (non-hydrogen) atoms. The van der Waals surface area contributed by atoms with Crippen LogP contribution in [0.1, 0.15) is 10.4 Å². The minimum absolute atomic E-state index is 0.175. The monoisotopic (exact) mass is 343 g/mol. The molecule has 0 unspecified atom stereocenters. The molecule has 2 aromatic rings. The lowest BCUT2D eigenvalue weighted by molar-refractivity contribution is -0.119. The van der Waals surface area contributed by atoms with Gasteiger partial charge in [-0.1, -0.05) is 17.7 Å². The lowest BCUT2D eigenvalue weighted by Gasteiger charge is -2.08. The van der Waals surface area contributed by atoms with Crippen LogP contribution in [0.4, 0.5) is 18.9 Å². The topological polar surface area (TPSA) is 55.4 Å². The number of halogens is 4. The first-order valence-electron chi connectivity index (χ1n) is 6.24. The fourth-order valence-electron chi connectivity index (χ4n) is 1.67. The second-order valence-corrected chi connectivity index (χ2v) is 4.76. The zero-order chi connectivity index (χ0) is 17.0. The number of rotatable bonds is 4. The molecule has 0 radical (unpaired) electrons. The van der Waals surface area contributed by atoms with Crippen LogP contribution < -0.4 is 5.32 Å². The number of carbonyl (C=O) groups is 2. The summed E-state index contributed by atoms with van der Waals surface area (Å²) in [6.45, 7) is -0.776. The second kappa shape index (κ2) is 7.15. The summed E-state index contributed by atoms with van der Waals surface area (Å²) in [6.07, 6.45) is 0. The first-order valence-corrected chi connectivity index (χ1v) is 6.62. The molecule has 0 atom stereocenters. The van der Waals surface area contributed by atoms with Gasteiger partial charge >= 0.3 is 5.97 Å². The maximum absolute atomic E-state index is 13.4. The third-order valence-corrected chi connectivity index (χ3v) is 2.99. The van der Waals surface area contributed by atoms with Crippen LogP contribution in [0.15, 0.2) is 36.4 Å². The maximum Gasteiger partial charge on any atom is 0.344 e. The molecule has 0 aromatic heterocycles. The van der Waals surface area contributed by atoms with E-state index >= 15 is 0 Å². The molecule has 0 heterocycles. The van der Waals surface area contributed by atoms with E-state index in [0.717, 1.165) is 30.3 Å². The fourth-order valence-corrected chi connectivity index (χ4v) is 1.85. The van der Waals surface area contributed by atoms with Crippen LogP contribution in [0.2, 0.25) is 5.02 Å². The van der Waals surface area contributed by atoms with Crippen LogP contribution in [0.3, 0.4) is 0 Å². The number of hydrogen-bond acceptors (Lipinski definition) is 3. The molecule has 0 aliphatic heterocycles. The number of amides is 1. The number of benzene rings is 2. The summed E-state index contributed by atoms with van der Waals surface area (Å²) >= 11 is 5.54. The highest BCUT2D eigenvalue weighted by molar-refractivity contribution is 6.31. The highest BCUT2D eigenvalue weighted by Gasteiger charge is 2.19. The van der Waals surface area contributed by atoms with Gasteiger partial charge in [-0.05, 0) is 30.3 Å². The predicted octanol–water partition coefficient (Wildman–Crippen LogP) is 3.55. The van der Waals surface area contributed by atoms with Crippen LogP contribution >= 0.6 is 11.6 Å². The van der Waals surface area contributed by atoms with E-state index in [4.69, 9.17) is 11.6 Å². The van der Waals surface area contributed by atoms with Crippen molar-refractivity contribution in [2.75, 3.05) is 11.9 Å². The maximum atomic E-state index is 13.4. The molecule has 0 saturated carbocycles. The van der Waals surface area contributed by atoms with Crippen LogP contribution in [-0.2, 0) is 9.53 Å². The Hall–Kier alpha value is -2.54. The normalized spacial score (nSPS) is 10.3. The third-order valence-electron chi connectivity index (χ3n) is 2.70. The van der Waals surface area contributed by atoms with Gasteiger partial charge in [-0.25, -0.2) is 18.0 Å². The van der Waals surface area contributed by atoms with Gasteiger partial charge in [0.2, 0.25) is 0 Å². The number of nitrogens with one attached hydrogen (secondary N) is 1. The van der Waals surface area contributed by atoms with E-state index in [1.807, 2.05) is 0 Å². The molecule has 0 aliphatic rings. The van der Waals surface area contributed by atoms with Gasteiger partial charge in [0.15, 0.2) is 6.61 Å². The van der Waals surface area contributed by atoms with Crippen molar-refractivity contribution < 1.29 is 27.5 Å². The van der Waals surface area contributed by atoms with Crippen molar-refractivity contribution >= 4 is 29.2 Å². The minimum Gasteiger partial charge on any atom is -0.452 e. The first kappa shape index (κ1) is 16.8. The molecule has 0 saturated heterocycles. The van der Waals surface area contributed by atoms with Crippen molar-refractivity contribution in [3.63, 3.8) is 0 Å². The lowest BCUT2D eigenvalue weighted by atomic mass is 10.2. The standard InChI is InChI=1S/C15H9ClF3NO3/c16-9-6-8(4-5-10(9)17)20-13(21)7-23-15(22)14-11(18)2-1-3-12(14)19/h1-6H,7H2,(H,20,21). The van der Waals surface area contributed by atoms with E-state index in [-0.39, 0.29) is 10.7 Å². The highest BCUT2D eigenvalue weighted by atomic mass is 35.5. The summed E-state index contributed by atoms with van der Waals surface area (Å²) in [5, 5.41) is 2.09. The highest BCUT2D eigenvalue weighted by Crippen LogP contribution is 2.19. The number of hydrogen-bond donors (Lipinski definition) is 1. The minimum atomic E-state index is -1.31. The molecule has 4 nitrogen and oxygen atoms in total. The molecule has 0 bridgehead atoms. The zero-order valence-corrected chi connectivity index (χ0v) is 12.2. The van der Waals surface area contributed by atoms with Crippen molar-refractivity contribution in [1.82, 2.24) is 0 Å².